The van der Waals surface area contributed by atoms with Gasteiger partial charge in [0.05, 0.1) is 6.20 Å². The van der Waals surface area contributed by atoms with Crippen molar-refractivity contribution in [1.29, 1.82) is 0 Å². The molecule has 0 saturated carbocycles. The predicted octanol–water partition coefficient (Wildman–Crippen LogP) is 4.50. The Hall–Kier alpha value is -2.29. The molecule has 0 amide bonds. The minimum absolute atomic E-state index is 0.432. The Bertz CT molecular complexity index is 745. The second-order valence-electron chi connectivity index (χ2n) is 5.65. The van der Waals surface area contributed by atoms with Crippen LogP contribution in [0.15, 0.2) is 48.9 Å². The Kier molecular flexibility index (Phi) is 3.65. The summed E-state index contributed by atoms with van der Waals surface area (Å²) >= 11 is 0. The van der Waals surface area contributed by atoms with Crippen molar-refractivity contribution >= 4 is 10.9 Å². The van der Waals surface area contributed by atoms with Gasteiger partial charge in [-0.2, -0.15) is 0 Å². The smallest absolute Gasteiger partial charge is 0.138 e. The quantitative estimate of drug-likeness (QED) is 0.703. The first-order valence-corrected chi connectivity index (χ1v) is 7.28. The van der Waals surface area contributed by atoms with Crippen LogP contribution in [-0.4, -0.2) is 9.55 Å². The highest BCUT2D eigenvalue weighted by molar-refractivity contribution is 5.84. The van der Waals surface area contributed by atoms with Crippen LogP contribution in [0.4, 0.5) is 0 Å². The Morgan fingerprint density at radius 2 is 2.10 bits per heavy atom. The van der Waals surface area contributed by atoms with Gasteiger partial charge in [-0.15, -0.1) is 0 Å². The summed E-state index contributed by atoms with van der Waals surface area (Å²) in [5, 5.41) is 1.26. The maximum Gasteiger partial charge on any atom is 0.138 e. The average molecular weight is 280 g/mol. The van der Waals surface area contributed by atoms with Gasteiger partial charge in [-0.05, 0) is 44.5 Å². The highest BCUT2D eigenvalue weighted by atomic mass is 16.5. The molecule has 2 aromatic heterocycles. The Morgan fingerprint density at radius 3 is 2.81 bits per heavy atom. The van der Waals surface area contributed by atoms with Crippen LogP contribution < -0.4 is 4.74 Å². The lowest BCUT2D eigenvalue weighted by Crippen LogP contribution is -1.98. The van der Waals surface area contributed by atoms with Gasteiger partial charge in [0.15, 0.2) is 0 Å². The largest absolute Gasteiger partial charge is 0.487 e. The van der Waals surface area contributed by atoms with E-state index in [0.29, 0.717) is 12.6 Å². The third kappa shape index (κ3) is 2.77. The van der Waals surface area contributed by atoms with Gasteiger partial charge in [-0.1, -0.05) is 12.1 Å². The van der Waals surface area contributed by atoms with Crippen molar-refractivity contribution in [3.05, 3.63) is 60.0 Å². The summed E-state index contributed by atoms with van der Waals surface area (Å²) < 4.78 is 8.16. The number of hydrogen-bond acceptors (Lipinski definition) is 2. The van der Waals surface area contributed by atoms with E-state index in [1.54, 1.807) is 12.4 Å². The summed E-state index contributed by atoms with van der Waals surface area (Å²) in [6, 6.07) is 10.8. The first kappa shape index (κ1) is 13.7. The van der Waals surface area contributed by atoms with Crippen LogP contribution in [0.5, 0.6) is 5.75 Å². The normalized spacial score (nSPS) is 11.2. The molecule has 0 atom stereocenters. The Morgan fingerprint density at radius 1 is 1.24 bits per heavy atom. The fourth-order valence-corrected chi connectivity index (χ4v) is 2.57. The molecule has 3 heteroatoms. The van der Waals surface area contributed by atoms with Gasteiger partial charge in [-0.3, -0.25) is 4.98 Å². The molecule has 108 valence electrons. The van der Waals surface area contributed by atoms with Gasteiger partial charge < -0.3 is 9.30 Å². The molecule has 3 rings (SSSR count). The number of nitrogens with zero attached hydrogens (tertiary/aromatic N) is 2. The molecule has 3 nitrogen and oxygen atoms in total. The van der Waals surface area contributed by atoms with Gasteiger partial charge in [-0.25, -0.2) is 0 Å². The number of hydrogen-bond donors (Lipinski definition) is 0. The molecule has 0 bridgehead atoms. The molecule has 0 aliphatic carbocycles. The van der Waals surface area contributed by atoms with Gasteiger partial charge in [0, 0.05) is 34.9 Å². The van der Waals surface area contributed by atoms with Crippen LogP contribution in [0.1, 0.15) is 31.0 Å². The number of pyridine rings is 1. The molecule has 0 aliphatic heterocycles. The molecule has 0 radical (unpaired) electrons. The van der Waals surface area contributed by atoms with Crippen molar-refractivity contribution in [2.75, 3.05) is 0 Å². The second kappa shape index (κ2) is 5.60. The third-order valence-electron chi connectivity index (χ3n) is 3.66. The van der Waals surface area contributed by atoms with Crippen molar-refractivity contribution in [3.8, 4) is 5.75 Å². The number of rotatable bonds is 4. The second-order valence-corrected chi connectivity index (χ2v) is 5.65. The van der Waals surface area contributed by atoms with Crippen LogP contribution in [0.2, 0.25) is 0 Å². The highest BCUT2D eigenvalue weighted by Crippen LogP contribution is 2.26. The van der Waals surface area contributed by atoms with Gasteiger partial charge in [0.1, 0.15) is 12.4 Å². The van der Waals surface area contributed by atoms with Crippen molar-refractivity contribution in [1.82, 2.24) is 9.55 Å². The molecule has 2 heterocycles. The van der Waals surface area contributed by atoms with E-state index in [9.17, 15) is 0 Å². The lowest BCUT2D eigenvalue weighted by Gasteiger charge is -2.09. The lowest BCUT2D eigenvalue weighted by molar-refractivity contribution is 0.306. The number of aryl methyl sites for hydroxylation is 1. The van der Waals surface area contributed by atoms with Crippen molar-refractivity contribution in [2.45, 2.75) is 33.4 Å². The van der Waals surface area contributed by atoms with Crippen molar-refractivity contribution in [2.24, 2.45) is 0 Å². The van der Waals surface area contributed by atoms with Crippen LogP contribution in [0, 0.1) is 6.92 Å². The monoisotopic (exact) mass is 280 g/mol. The number of benzene rings is 1. The molecule has 0 fully saturated rings. The molecule has 0 aliphatic rings. The van der Waals surface area contributed by atoms with Crippen LogP contribution >= 0.6 is 0 Å². The molecular formula is C18H20N2O. The molecule has 0 N–H and O–H groups in total. The molecule has 1 aromatic carbocycles. The predicted molar refractivity (Wildman–Crippen MR) is 85.6 cm³/mol. The standard InChI is InChI=1S/C18H20N2O/c1-13(2)20-11-15(12-21-16-5-4-8-19-10-16)17-7-6-14(3)9-18(17)20/h4-11,13H,12H2,1-3H3. The minimum Gasteiger partial charge on any atom is -0.487 e. The molecule has 0 unspecified atom stereocenters. The van der Waals surface area contributed by atoms with E-state index in [1.807, 2.05) is 12.1 Å². The third-order valence-corrected chi connectivity index (χ3v) is 3.66. The van der Waals surface area contributed by atoms with Crippen LogP contribution in [-0.2, 0) is 6.61 Å². The summed E-state index contributed by atoms with van der Waals surface area (Å²) in [6.45, 7) is 7.09. The van der Waals surface area contributed by atoms with Gasteiger partial charge in [0.2, 0.25) is 0 Å². The van der Waals surface area contributed by atoms with Crippen molar-refractivity contribution in [3.63, 3.8) is 0 Å². The topological polar surface area (TPSA) is 27.1 Å². The zero-order valence-corrected chi connectivity index (χ0v) is 12.7. The SMILES string of the molecule is Cc1ccc2c(COc3cccnc3)cn(C(C)C)c2c1. The number of aromatic nitrogens is 2. The van der Waals surface area contributed by atoms with Gasteiger partial charge >= 0.3 is 0 Å². The van der Waals surface area contributed by atoms with E-state index < -0.39 is 0 Å². The van der Waals surface area contributed by atoms with E-state index in [4.69, 9.17) is 4.74 Å². The summed E-state index contributed by atoms with van der Waals surface area (Å²) in [7, 11) is 0. The van der Waals surface area contributed by atoms with Crippen molar-refractivity contribution < 1.29 is 4.74 Å². The first-order valence-electron chi connectivity index (χ1n) is 7.28. The maximum absolute atomic E-state index is 5.85. The van der Waals surface area contributed by atoms with Crippen LogP contribution in [0.3, 0.4) is 0 Å². The first-order chi connectivity index (χ1) is 10.1. The Balaban J connectivity index is 1.95. The zero-order valence-electron chi connectivity index (χ0n) is 12.7. The Labute approximate surface area is 125 Å². The molecule has 0 spiro atoms. The number of ether oxygens (including phenoxy) is 1. The van der Waals surface area contributed by atoms with Gasteiger partial charge in [0.25, 0.3) is 0 Å². The fourth-order valence-electron chi connectivity index (χ4n) is 2.57. The van der Waals surface area contributed by atoms with E-state index in [0.717, 1.165) is 5.75 Å². The highest BCUT2D eigenvalue weighted by Gasteiger charge is 2.11. The summed E-state index contributed by atoms with van der Waals surface area (Å²) in [5.74, 6) is 0.801. The zero-order chi connectivity index (χ0) is 14.8. The maximum atomic E-state index is 5.85. The van der Waals surface area contributed by atoms with E-state index in [2.05, 4.69) is 54.7 Å². The van der Waals surface area contributed by atoms with E-state index in [-0.39, 0.29) is 0 Å². The fraction of sp³-hybridized carbons (Fsp3) is 0.278. The average Bonchev–Trinajstić information content (AvgIpc) is 2.84. The summed E-state index contributed by atoms with van der Waals surface area (Å²) in [5.41, 5.74) is 3.76. The van der Waals surface area contributed by atoms with E-state index in [1.165, 1.54) is 22.0 Å². The number of fused-ring (bicyclic) bond motifs is 1. The van der Waals surface area contributed by atoms with E-state index >= 15 is 0 Å². The molecule has 0 saturated heterocycles. The summed E-state index contributed by atoms with van der Waals surface area (Å²) in [6.07, 6.45) is 5.69. The minimum atomic E-state index is 0.432. The lowest BCUT2D eigenvalue weighted by atomic mass is 10.1. The van der Waals surface area contributed by atoms with Crippen LogP contribution in [0.25, 0.3) is 10.9 Å². The molecule has 21 heavy (non-hydrogen) atoms. The summed E-state index contributed by atoms with van der Waals surface area (Å²) in [4.78, 5) is 4.07. The molecular weight excluding hydrogens is 260 g/mol. The molecule has 3 aromatic rings.